The van der Waals surface area contributed by atoms with Gasteiger partial charge in [0.05, 0.1) is 0 Å². The van der Waals surface area contributed by atoms with Crippen molar-refractivity contribution in [1.82, 2.24) is 4.90 Å². The smallest absolute Gasteiger partial charge is 0.293 e. The van der Waals surface area contributed by atoms with E-state index >= 15 is 0 Å². The van der Waals surface area contributed by atoms with E-state index in [-0.39, 0.29) is 0 Å². The van der Waals surface area contributed by atoms with E-state index in [0.29, 0.717) is 13.1 Å². The highest BCUT2D eigenvalue weighted by Crippen LogP contribution is 2.00. The second kappa shape index (κ2) is 10.5. The third kappa shape index (κ3) is 8.05. The molecule has 3 heteroatoms. The third-order valence-electron chi connectivity index (χ3n) is 2.37. The molecular formula is C11H23NO2. The van der Waals surface area contributed by atoms with Gasteiger partial charge in [0.2, 0.25) is 0 Å². The fourth-order valence-electron chi connectivity index (χ4n) is 1.42. The minimum absolute atomic E-state index is 0.519. The first kappa shape index (κ1) is 13.4. The van der Waals surface area contributed by atoms with Crippen LogP contribution in [0.1, 0.15) is 39.5 Å². The van der Waals surface area contributed by atoms with Crippen molar-refractivity contribution in [3.63, 3.8) is 0 Å². The molecule has 3 nitrogen and oxygen atoms in total. The Morgan fingerprint density at radius 1 is 1.14 bits per heavy atom. The summed E-state index contributed by atoms with van der Waals surface area (Å²) in [5.41, 5.74) is 0. The molecule has 0 saturated heterocycles. The second-order valence-corrected chi connectivity index (χ2v) is 3.46. The highest BCUT2D eigenvalue weighted by Gasteiger charge is 2.01. The van der Waals surface area contributed by atoms with Crippen LogP contribution in [-0.4, -0.2) is 37.6 Å². The quantitative estimate of drug-likeness (QED) is 0.400. The molecule has 0 aromatic heterocycles. The third-order valence-corrected chi connectivity index (χ3v) is 2.37. The first-order valence-electron chi connectivity index (χ1n) is 5.62. The van der Waals surface area contributed by atoms with Gasteiger partial charge in [0, 0.05) is 6.54 Å². The number of hydrogen-bond acceptors (Lipinski definition) is 3. The van der Waals surface area contributed by atoms with Gasteiger partial charge in [-0.3, -0.25) is 4.79 Å². The summed E-state index contributed by atoms with van der Waals surface area (Å²) in [6, 6.07) is 0. The molecule has 0 aliphatic carbocycles. The molecule has 0 saturated carbocycles. The van der Waals surface area contributed by atoms with E-state index in [1.165, 1.54) is 25.7 Å². The molecule has 0 aromatic rings. The molecule has 0 fully saturated rings. The summed E-state index contributed by atoms with van der Waals surface area (Å²) < 4.78 is 4.67. The van der Waals surface area contributed by atoms with Crippen LogP contribution in [0.5, 0.6) is 0 Å². The number of carbonyl (C=O) groups excluding carboxylic acids is 1. The summed E-state index contributed by atoms with van der Waals surface area (Å²) >= 11 is 0. The summed E-state index contributed by atoms with van der Waals surface area (Å²) in [5, 5.41) is 0. The average Bonchev–Trinajstić information content (AvgIpc) is 2.22. The van der Waals surface area contributed by atoms with E-state index < -0.39 is 0 Å². The second-order valence-electron chi connectivity index (χ2n) is 3.46. The van der Waals surface area contributed by atoms with Crippen molar-refractivity contribution in [1.29, 1.82) is 0 Å². The molecule has 14 heavy (non-hydrogen) atoms. The Bertz CT molecular complexity index is 128. The maximum Gasteiger partial charge on any atom is 0.293 e. The topological polar surface area (TPSA) is 29.5 Å². The Balaban J connectivity index is 3.33. The van der Waals surface area contributed by atoms with Crippen LogP contribution in [0.3, 0.4) is 0 Å². The van der Waals surface area contributed by atoms with Crippen molar-refractivity contribution in [3.8, 4) is 0 Å². The Morgan fingerprint density at radius 2 is 1.93 bits per heavy atom. The van der Waals surface area contributed by atoms with Gasteiger partial charge in [0.15, 0.2) is 0 Å². The van der Waals surface area contributed by atoms with Crippen LogP contribution < -0.4 is 0 Å². The fourth-order valence-corrected chi connectivity index (χ4v) is 1.42. The predicted octanol–water partition coefficient (Wildman–Crippen LogP) is 2.06. The van der Waals surface area contributed by atoms with E-state index in [9.17, 15) is 4.79 Å². The molecule has 0 rings (SSSR count). The van der Waals surface area contributed by atoms with Crippen molar-refractivity contribution in [2.75, 3.05) is 26.2 Å². The van der Waals surface area contributed by atoms with Crippen LogP contribution in [0, 0.1) is 0 Å². The van der Waals surface area contributed by atoms with E-state index in [0.717, 1.165) is 19.6 Å². The van der Waals surface area contributed by atoms with Crippen molar-refractivity contribution in [2.45, 2.75) is 39.5 Å². The monoisotopic (exact) mass is 201 g/mol. The molecule has 0 spiro atoms. The van der Waals surface area contributed by atoms with Gasteiger partial charge < -0.3 is 9.64 Å². The predicted molar refractivity (Wildman–Crippen MR) is 58.3 cm³/mol. The van der Waals surface area contributed by atoms with E-state index in [1.807, 2.05) is 0 Å². The molecule has 0 radical (unpaired) electrons. The SMILES string of the molecule is CCCCCCN(CC)CCOC=O. The first-order chi connectivity index (χ1) is 6.85. The van der Waals surface area contributed by atoms with Crippen molar-refractivity contribution < 1.29 is 9.53 Å². The van der Waals surface area contributed by atoms with Crippen LogP contribution in [-0.2, 0) is 9.53 Å². The molecule has 84 valence electrons. The van der Waals surface area contributed by atoms with E-state index in [4.69, 9.17) is 0 Å². The minimum atomic E-state index is 0.519. The van der Waals surface area contributed by atoms with Gasteiger partial charge in [-0.15, -0.1) is 0 Å². The Hall–Kier alpha value is -0.570. The normalized spacial score (nSPS) is 10.5. The van der Waals surface area contributed by atoms with E-state index in [2.05, 4.69) is 23.5 Å². The van der Waals surface area contributed by atoms with E-state index in [1.54, 1.807) is 0 Å². The summed E-state index contributed by atoms with van der Waals surface area (Å²) in [6.45, 7) is 8.42. The molecular weight excluding hydrogens is 178 g/mol. The number of rotatable bonds is 10. The van der Waals surface area contributed by atoms with Crippen LogP contribution in [0.4, 0.5) is 0 Å². The summed E-state index contributed by atoms with van der Waals surface area (Å²) in [5.74, 6) is 0. The van der Waals surface area contributed by atoms with Crippen molar-refractivity contribution >= 4 is 6.47 Å². The number of likely N-dealkylation sites (N-methyl/N-ethyl adjacent to an activating group) is 1. The number of carbonyl (C=O) groups is 1. The highest BCUT2D eigenvalue weighted by molar-refractivity contribution is 5.36. The molecule has 0 aliphatic heterocycles. The lowest BCUT2D eigenvalue weighted by atomic mass is 10.2. The zero-order chi connectivity index (χ0) is 10.6. The van der Waals surface area contributed by atoms with Gasteiger partial charge in [0.1, 0.15) is 6.61 Å². The molecule has 0 aromatic carbocycles. The Labute approximate surface area is 87.4 Å². The van der Waals surface area contributed by atoms with Crippen molar-refractivity contribution in [3.05, 3.63) is 0 Å². The van der Waals surface area contributed by atoms with Crippen molar-refractivity contribution in [2.24, 2.45) is 0 Å². The summed E-state index contributed by atoms with van der Waals surface area (Å²) in [6.07, 6.45) is 5.16. The number of ether oxygens (including phenoxy) is 1. The van der Waals surface area contributed by atoms with Crippen LogP contribution in [0.2, 0.25) is 0 Å². The largest absolute Gasteiger partial charge is 0.467 e. The lowest BCUT2D eigenvalue weighted by molar-refractivity contribution is -0.129. The van der Waals surface area contributed by atoms with Gasteiger partial charge in [-0.1, -0.05) is 33.1 Å². The average molecular weight is 201 g/mol. The van der Waals surface area contributed by atoms with Gasteiger partial charge in [0.25, 0.3) is 6.47 Å². The first-order valence-corrected chi connectivity index (χ1v) is 5.62. The zero-order valence-corrected chi connectivity index (χ0v) is 9.50. The fraction of sp³-hybridized carbons (Fsp3) is 0.909. The summed E-state index contributed by atoms with van der Waals surface area (Å²) in [4.78, 5) is 12.3. The molecule has 0 heterocycles. The zero-order valence-electron chi connectivity index (χ0n) is 9.50. The molecule has 0 aliphatic rings. The maximum absolute atomic E-state index is 9.93. The molecule has 0 amide bonds. The molecule has 0 bridgehead atoms. The van der Waals surface area contributed by atoms with Gasteiger partial charge in [-0.05, 0) is 19.5 Å². The minimum Gasteiger partial charge on any atom is -0.467 e. The van der Waals surface area contributed by atoms with Gasteiger partial charge in [-0.25, -0.2) is 0 Å². The number of nitrogens with zero attached hydrogens (tertiary/aromatic N) is 1. The van der Waals surface area contributed by atoms with Crippen LogP contribution in [0.15, 0.2) is 0 Å². The van der Waals surface area contributed by atoms with Crippen LogP contribution in [0.25, 0.3) is 0 Å². The van der Waals surface area contributed by atoms with Gasteiger partial charge >= 0.3 is 0 Å². The number of hydrogen-bond donors (Lipinski definition) is 0. The molecule has 0 unspecified atom stereocenters. The Kier molecular flexibility index (Phi) is 10.1. The maximum atomic E-state index is 9.93. The number of unbranched alkanes of at least 4 members (excludes halogenated alkanes) is 3. The highest BCUT2D eigenvalue weighted by atomic mass is 16.5. The lowest BCUT2D eigenvalue weighted by Gasteiger charge is -2.19. The molecule has 0 N–H and O–H groups in total. The van der Waals surface area contributed by atoms with Gasteiger partial charge in [-0.2, -0.15) is 0 Å². The standard InChI is InChI=1S/C11H23NO2/c1-3-5-6-7-8-12(4-2)9-10-14-11-13/h11H,3-10H2,1-2H3. The Morgan fingerprint density at radius 3 is 2.50 bits per heavy atom. The summed E-state index contributed by atoms with van der Waals surface area (Å²) in [7, 11) is 0. The van der Waals surface area contributed by atoms with Crippen LogP contribution >= 0.6 is 0 Å². The molecule has 0 atom stereocenters. The lowest BCUT2D eigenvalue weighted by Crippen LogP contribution is -2.28.